The number of nitrogen functional groups attached to an aromatic ring is 1. The van der Waals surface area contributed by atoms with Crippen LogP contribution in [0.5, 0.6) is 5.75 Å². The number of hydrogen-bond donors (Lipinski definition) is 2. The zero-order valence-corrected chi connectivity index (χ0v) is 10.7. The highest BCUT2D eigenvalue weighted by Crippen LogP contribution is 2.26. The van der Waals surface area contributed by atoms with Crippen LogP contribution in [0.25, 0.3) is 10.8 Å². The van der Waals surface area contributed by atoms with E-state index in [0.717, 1.165) is 10.8 Å². The smallest absolute Gasteiger partial charge is 0.268 e. The summed E-state index contributed by atoms with van der Waals surface area (Å²) < 4.78 is 10.5. The van der Waals surface area contributed by atoms with Crippen molar-refractivity contribution in [3.05, 3.63) is 42.0 Å². The molecule has 5 heteroatoms. The molecule has 0 atom stereocenters. The standard InChI is InChI=1S/C14H16N2O3/c1-18-6-7-19-13-9-11-5-3-2-4-10(11)8-12(13)14(17)16-15/h2-5,8-9H,6-7,15H2,1H3,(H,16,17). The first-order chi connectivity index (χ1) is 9.26. The maximum Gasteiger partial charge on any atom is 0.268 e. The molecule has 0 radical (unpaired) electrons. The molecular weight excluding hydrogens is 244 g/mol. The van der Waals surface area contributed by atoms with E-state index in [4.69, 9.17) is 15.3 Å². The number of benzene rings is 2. The molecule has 0 saturated carbocycles. The van der Waals surface area contributed by atoms with Gasteiger partial charge in [-0.25, -0.2) is 5.84 Å². The fraction of sp³-hybridized carbons (Fsp3) is 0.214. The van der Waals surface area contributed by atoms with Gasteiger partial charge in [0.1, 0.15) is 12.4 Å². The van der Waals surface area contributed by atoms with E-state index in [1.54, 1.807) is 13.2 Å². The van der Waals surface area contributed by atoms with E-state index >= 15 is 0 Å². The van der Waals surface area contributed by atoms with Gasteiger partial charge in [0, 0.05) is 7.11 Å². The van der Waals surface area contributed by atoms with Crippen molar-refractivity contribution >= 4 is 16.7 Å². The molecule has 0 unspecified atom stereocenters. The monoisotopic (exact) mass is 260 g/mol. The van der Waals surface area contributed by atoms with Crippen LogP contribution in [0.2, 0.25) is 0 Å². The number of carbonyl (C=O) groups excluding carboxylic acids is 1. The van der Waals surface area contributed by atoms with Crippen LogP contribution in [-0.4, -0.2) is 26.2 Å². The third-order valence-electron chi connectivity index (χ3n) is 2.77. The molecule has 2 aromatic carbocycles. The highest BCUT2D eigenvalue weighted by molar-refractivity contribution is 6.01. The van der Waals surface area contributed by atoms with E-state index in [0.29, 0.717) is 24.5 Å². The summed E-state index contributed by atoms with van der Waals surface area (Å²) in [6.45, 7) is 0.830. The largest absolute Gasteiger partial charge is 0.490 e. The van der Waals surface area contributed by atoms with Crippen LogP contribution in [-0.2, 0) is 4.74 Å². The zero-order chi connectivity index (χ0) is 13.7. The van der Waals surface area contributed by atoms with Crippen LogP contribution in [0, 0.1) is 0 Å². The Morgan fingerprint density at radius 2 is 1.89 bits per heavy atom. The fourth-order valence-corrected chi connectivity index (χ4v) is 1.83. The van der Waals surface area contributed by atoms with Gasteiger partial charge < -0.3 is 9.47 Å². The molecule has 0 aliphatic rings. The molecule has 0 spiro atoms. The van der Waals surface area contributed by atoms with Crippen molar-refractivity contribution in [1.82, 2.24) is 5.43 Å². The SMILES string of the molecule is COCCOc1cc2ccccc2cc1C(=O)NN. The van der Waals surface area contributed by atoms with Gasteiger partial charge in [0.05, 0.1) is 12.2 Å². The number of methoxy groups -OCH3 is 1. The van der Waals surface area contributed by atoms with Crippen molar-refractivity contribution in [1.29, 1.82) is 0 Å². The van der Waals surface area contributed by atoms with Gasteiger partial charge in [-0.05, 0) is 22.9 Å². The topological polar surface area (TPSA) is 73.6 Å². The number of nitrogens with two attached hydrogens (primary N) is 1. The average molecular weight is 260 g/mol. The Morgan fingerprint density at radius 1 is 1.21 bits per heavy atom. The maximum absolute atomic E-state index is 11.8. The summed E-state index contributed by atoms with van der Waals surface area (Å²) >= 11 is 0. The second kappa shape index (κ2) is 6.17. The summed E-state index contributed by atoms with van der Waals surface area (Å²) in [6, 6.07) is 11.3. The molecule has 19 heavy (non-hydrogen) atoms. The lowest BCUT2D eigenvalue weighted by molar-refractivity contribution is 0.0946. The molecule has 0 fully saturated rings. The second-order valence-electron chi connectivity index (χ2n) is 4.01. The highest BCUT2D eigenvalue weighted by atomic mass is 16.5. The van der Waals surface area contributed by atoms with Crippen molar-refractivity contribution < 1.29 is 14.3 Å². The van der Waals surface area contributed by atoms with Crippen molar-refractivity contribution in [2.75, 3.05) is 20.3 Å². The summed E-state index contributed by atoms with van der Waals surface area (Å²) in [5.74, 6) is 5.31. The summed E-state index contributed by atoms with van der Waals surface area (Å²) in [5.41, 5.74) is 2.54. The minimum absolute atomic E-state index is 0.375. The lowest BCUT2D eigenvalue weighted by Gasteiger charge is -2.12. The lowest BCUT2D eigenvalue weighted by atomic mass is 10.1. The Bertz CT molecular complexity index is 584. The first kappa shape index (κ1) is 13.3. The van der Waals surface area contributed by atoms with Crippen molar-refractivity contribution in [3.63, 3.8) is 0 Å². The molecule has 1 amide bonds. The van der Waals surface area contributed by atoms with Gasteiger partial charge >= 0.3 is 0 Å². The predicted octanol–water partition coefficient (Wildman–Crippen LogP) is 1.47. The number of hydrazine groups is 1. The molecule has 5 nitrogen and oxygen atoms in total. The molecule has 0 aromatic heterocycles. The lowest BCUT2D eigenvalue weighted by Crippen LogP contribution is -2.30. The van der Waals surface area contributed by atoms with Crippen LogP contribution in [0.3, 0.4) is 0 Å². The zero-order valence-electron chi connectivity index (χ0n) is 10.7. The van der Waals surface area contributed by atoms with E-state index in [1.165, 1.54) is 0 Å². The quantitative estimate of drug-likeness (QED) is 0.369. The molecule has 100 valence electrons. The molecule has 2 rings (SSSR count). The van der Waals surface area contributed by atoms with Crippen molar-refractivity contribution in [3.8, 4) is 5.75 Å². The van der Waals surface area contributed by atoms with E-state index in [1.807, 2.05) is 30.3 Å². The van der Waals surface area contributed by atoms with E-state index < -0.39 is 0 Å². The van der Waals surface area contributed by atoms with Gasteiger partial charge in [-0.15, -0.1) is 0 Å². The Balaban J connectivity index is 2.41. The number of hydrogen-bond acceptors (Lipinski definition) is 4. The number of fused-ring (bicyclic) bond motifs is 1. The summed E-state index contributed by atoms with van der Waals surface area (Å²) in [4.78, 5) is 11.8. The van der Waals surface area contributed by atoms with Gasteiger partial charge in [0.2, 0.25) is 0 Å². The minimum Gasteiger partial charge on any atom is -0.490 e. The van der Waals surface area contributed by atoms with Crippen LogP contribution in [0.4, 0.5) is 0 Å². The predicted molar refractivity (Wildman–Crippen MR) is 73.0 cm³/mol. The van der Waals surface area contributed by atoms with E-state index in [9.17, 15) is 4.79 Å². The second-order valence-corrected chi connectivity index (χ2v) is 4.01. The molecule has 0 bridgehead atoms. The van der Waals surface area contributed by atoms with Crippen molar-refractivity contribution in [2.45, 2.75) is 0 Å². The van der Waals surface area contributed by atoms with Gasteiger partial charge in [-0.2, -0.15) is 0 Å². The van der Waals surface area contributed by atoms with Crippen LogP contribution in [0.1, 0.15) is 10.4 Å². The van der Waals surface area contributed by atoms with Crippen LogP contribution < -0.4 is 16.0 Å². The van der Waals surface area contributed by atoms with Gasteiger partial charge in [0.25, 0.3) is 5.91 Å². The third kappa shape index (κ3) is 3.01. The van der Waals surface area contributed by atoms with E-state index in [-0.39, 0.29) is 5.91 Å². The molecule has 0 saturated heterocycles. The summed E-state index contributed by atoms with van der Waals surface area (Å²) in [5, 5.41) is 1.96. The number of ether oxygens (including phenoxy) is 2. The maximum atomic E-state index is 11.8. The number of nitrogens with one attached hydrogen (secondary N) is 1. The van der Waals surface area contributed by atoms with Gasteiger partial charge in [-0.1, -0.05) is 24.3 Å². The first-order valence-corrected chi connectivity index (χ1v) is 5.91. The number of rotatable bonds is 5. The molecule has 3 N–H and O–H groups in total. The molecular formula is C14H16N2O3. The van der Waals surface area contributed by atoms with Crippen LogP contribution in [0.15, 0.2) is 36.4 Å². The molecule has 0 aliphatic carbocycles. The first-order valence-electron chi connectivity index (χ1n) is 5.91. The van der Waals surface area contributed by atoms with E-state index in [2.05, 4.69) is 5.43 Å². The highest BCUT2D eigenvalue weighted by Gasteiger charge is 2.13. The Labute approximate surface area is 111 Å². The Morgan fingerprint density at radius 3 is 2.53 bits per heavy atom. The summed E-state index contributed by atoms with van der Waals surface area (Å²) in [6.07, 6.45) is 0. The Hall–Kier alpha value is -2.11. The van der Waals surface area contributed by atoms with Gasteiger partial charge in [0.15, 0.2) is 0 Å². The average Bonchev–Trinajstić information content (AvgIpc) is 2.46. The number of amides is 1. The molecule has 0 aliphatic heterocycles. The van der Waals surface area contributed by atoms with Crippen LogP contribution >= 0.6 is 0 Å². The van der Waals surface area contributed by atoms with Crippen molar-refractivity contribution in [2.24, 2.45) is 5.84 Å². The minimum atomic E-state index is -0.377. The third-order valence-corrected chi connectivity index (χ3v) is 2.77. The molecule has 0 heterocycles. The normalized spacial score (nSPS) is 10.4. The fourth-order valence-electron chi connectivity index (χ4n) is 1.83. The summed E-state index contributed by atoms with van der Waals surface area (Å²) in [7, 11) is 1.59. The number of carbonyl (C=O) groups is 1. The van der Waals surface area contributed by atoms with Gasteiger partial charge in [-0.3, -0.25) is 10.2 Å². The molecule has 2 aromatic rings. The Kier molecular flexibility index (Phi) is 4.33.